The Balaban J connectivity index is 1.70. The average molecular weight is 359 g/mol. The highest BCUT2D eigenvalue weighted by Crippen LogP contribution is 2.28. The Kier molecular flexibility index (Phi) is 5.53. The van der Waals surface area contributed by atoms with Crippen molar-refractivity contribution in [3.05, 3.63) is 52.7 Å². The molecule has 140 valence electrons. The number of amides is 1. The number of ether oxygens (including phenoxy) is 1. The van der Waals surface area contributed by atoms with Crippen LogP contribution in [0, 0.1) is 0 Å². The van der Waals surface area contributed by atoms with Crippen LogP contribution in [0.2, 0.25) is 0 Å². The third-order valence-corrected chi connectivity index (χ3v) is 4.80. The molecule has 0 bridgehead atoms. The fourth-order valence-electron chi connectivity index (χ4n) is 3.28. The average Bonchev–Trinajstić information content (AvgIpc) is 2.94. The maximum Gasteiger partial charge on any atom is 0.345 e. The third-order valence-electron chi connectivity index (χ3n) is 4.80. The Bertz CT molecular complexity index is 801. The van der Waals surface area contributed by atoms with E-state index in [1.807, 2.05) is 18.2 Å². The molecule has 1 aliphatic rings. The Morgan fingerprint density at radius 3 is 2.69 bits per heavy atom. The molecule has 26 heavy (non-hydrogen) atoms. The van der Waals surface area contributed by atoms with Crippen LogP contribution in [-0.4, -0.2) is 70.0 Å². The van der Waals surface area contributed by atoms with Crippen LogP contribution in [0.3, 0.4) is 0 Å². The van der Waals surface area contributed by atoms with Crippen molar-refractivity contribution in [3.63, 3.8) is 0 Å². The van der Waals surface area contributed by atoms with Gasteiger partial charge in [-0.15, -0.1) is 0 Å². The molecule has 2 heterocycles. The number of nitrogens with zero attached hydrogens (tertiary/aromatic N) is 5. The zero-order valence-corrected chi connectivity index (χ0v) is 15.4. The van der Waals surface area contributed by atoms with Crippen LogP contribution in [0.15, 0.2) is 41.5 Å². The summed E-state index contributed by atoms with van der Waals surface area (Å²) in [6.07, 6.45) is 1.27. The van der Waals surface area contributed by atoms with E-state index in [0.717, 1.165) is 6.54 Å². The molecule has 0 saturated carbocycles. The number of carbonyl (C=O) groups excluding carboxylic acids is 1. The van der Waals surface area contributed by atoms with Crippen molar-refractivity contribution in [2.24, 2.45) is 7.05 Å². The normalized spacial score (nSPS) is 20.9. The molecule has 0 radical (unpaired) electrons. The molecular weight excluding hydrogens is 334 g/mol. The van der Waals surface area contributed by atoms with Gasteiger partial charge in [-0.3, -0.25) is 14.3 Å². The van der Waals surface area contributed by atoms with Crippen LogP contribution in [0.4, 0.5) is 0 Å². The first-order valence-corrected chi connectivity index (χ1v) is 8.66. The Labute approximate surface area is 152 Å². The van der Waals surface area contributed by atoms with Gasteiger partial charge in [0.25, 0.3) is 0 Å². The number of morpholine rings is 1. The Morgan fingerprint density at radius 2 is 2.04 bits per heavy atom. The lowest BCUT2D eigenvalue weighted by molar-refractivity contribution is -0.135. The van der Waals surface area contributed by atoms with E-state index in [2.05, 4.69) is 29.2 Å². The number of carbonyl (C=O) groups is 1. The quantitative estimate of drug-likeness (QED) is 0.758. The summed E-state index contributed by atoms with van der Waals surface area (Å²) in [6.45, 7) is 1.85. The number of hydrogen-bond donors (Lipinski definition) is 0. The first-order valence-electron chi connectivity index (χ1n) is 8.66. The summed E-state index contributed by atoms with van der Waals surface area (Å²) in [6, 6.07) is 10.3. The van der Waals surface area contributed by atoms with Gasteiger partial charge in [-0.25, -0.2) is 9.48 Å². The smallest absolute Gasteiger partial charge is 0.345 e. The minimum atomic E-state index is -0.303. The van der Waals surface area contributed by atoms with Crippen molar-refractivity contribution in [3.8, 4) is 0 Å². The first-order chi connectivity index (χ1) is 12.5. The first kappa shape index (κ1) is 18.3. The van der Waals surface area contributed by atoms with Crippen LogP contribution in [0.25, 0.3) is 0 Å². The minimum Gasteiger partial charge on any atom is -0.373 e. The summed E-state index contributed by atoms with van der Waals surface area (Å²) in [5, 5.41) is 3.94. The maximum absolute atomic E-state index is 12.5. The second kappa shape index (κ2) is 7.84. The molecule has 0 N–H and O–H groups in total. The lowest BCUT2D eigenvalue weighted by atomic mass is 9.98. The van der Waals surface area contributed by atoms with Gasteiger partial charge in [-0.05, 0) is 12.6 Å². The topological polar surface area (TPSA) is 72.6 Å². The number of aryl methyl sites for hydroxylation is 1. The summed E-state index contributed by atoms with van der Waals surface area (Å²) < 4.78 is 8.50. The summed E-state index contributed by atoms with van der Waals surface area (Å²) in [7, 11) is 5.41. The molecule has 0 spiro atoms. The van der Waals surface area contributed by atoms with E-state index in [1.165, 1.54) is 21.1 Å². The molecular formula is C18H25N5O3. The monoisotopic (exact) mass is 359 g/mol. The third kappa shape index (κ3) is 3.86. The maximum atomic E-state index is 12.5. The van der Waals surface area contributed by atoms with Gasteiger partial charge >= 0.3 is 5.69 Å². The van der Waals surface area contributed by atoms with Crippen molar-refractivity contribution < 1.29 is 9.53 Å². The van der Waals surface area contributed by atoms with Gasteiger partial charge in [0.2, 0.25) is 5.91 Å². The molecule has 1 aliphatic heterocycles. The number of aromatic nitrogens is 3. The molecule has 1 fully saturated rings. The molecule has 8 heteroatoms. The predicted octanol–water partition coefficient (Wildman–Crippen LogP) is 0.112. The van der Waals surface area contributed by atoms with Gasteiger partial charge in [0, 0.05) is 27.2 Å². The van der Waals surface area contributed by atoms with E-state index in [-0.39, 0.29) is 30.3 Å². The van der Waals surface area contributed by atoms with E-state index >= 15 is 0 Å². The highest BCUT2D eigenvalue weighted by Gasteiger charge is 2.33. The lowest BCUT2D eigenvalue weighted by Gasteiger charge is -2.40. The molecule has 1 amide bonds. The second-order valence-corrected chi connectivity index (χ2v) is 6.70. The molecule has 0 unspecified atom stereocenters. The molecule has 8 nitrogen and oxygen atoms in total. The minimum absolute atomic E-state index is 0.0747. The highest BCUT2D eigenvalue weighted by molar-refractivity contribution is 5.75. The van der Waals surface area contributed by atoms with Gasteiger partial charge in [-0.2, -0.15) is 5.10 Å². The van der Waals surface area contributed by atoms with E-state index in [9.17, 15) is 9.59 Å². The second-order valence-electron chi connectivity index (χ2n) is 6.70. The highest BCUT2D eigenvalue weighted by atomic mass is 16.5. The van der Waals surface area contributed by atoms with Gasteiger partial charge in [0.15, 0.2) is 0 Å². The summed E-state index contributed by atoms with van der Waals surface area (Å²) in [5.41, 5.74) is 0.865. The number of likely N-dealkylation sites (N-methyl/N-ethyl adjacent to an activating group) is 2. The van der Waals surface area contributed by atoms with Gasteiger partial charge in [0.1, 0.15) is 12.9 Å². The largest absolute Gasteiger partial charge is 0.373 e. The fraction of sp³-hybridized carbons (Fsp3) is 0.500. The van der Waals surface area contributed by atoms with Crippen LogP contribution < -0.4 is 5.69 Å². The lowest BCUT2D eigenvalue weighted by Crippen LogP contribution is -2.49. The Morgan fingerprint density at radius 1 is 1.31 bits per heavy atom. The molecule has 3 rings (SSSR count). The SMILES string of the molecule is CN(C[C@@H]1OCCN(C)[C@H]1c1ccccc1)C(=O)Cn1ncn(C)c1=O. The van der Waals surface area contributed by atoms with Crippen LogP contribution in [0.5, 0.6) is 0 Å². The van der Waals surface area contributed by atoms with E-state index in [4.69, 9.17) is 4.74 Å². The van der Waals surface area contributed by atoms with Crippen LogP contribution >= 0.6 is 0 Å². The van der Waals surface area contributed by atoms with Crippen molar-refractivity contribution in [1.29, 1.82) is 0 Å². The van der Waals surface area contributed by atoms with Gasteiger partial charge in [-0.1, -0.05) is 30.3 Å². The summed E-state index contributed by atoms with van der Waals surface area (Å²) in [4.78, 5) is 28.2. The summed E-state index contributed by atoms with van der Waals surface area (Å²) >= 11 is 0. The van der Waals surface area contributed by atoms with Crippen LogP contribution in [0.1, 0.15) is 11.6 Å². The molecule has 1 saturated heterocycles. The van der Waals surface area contributed by atoms with Crippen molar-refractivity contribution in [2.45, 2.75) is 18.7 Å². The number of rotatable bonds is 5. The molecule has 2 atom stereocenters. The predicted molar refractivity (Wildman–Crippen MR) is 96.7 cm³/mol. The standard InChI is InChI=1S/C18H25N5O3/c1-20-9-10-26-15(17(20)14-7-5-4-6-8-14)11-21(2)16(24)12-23-18(25)22(3)13-19-23/h4-8,13,15,17H,9-12H2,1-3H3/t15-,17-/m0/s1. The fourth-order valence-corrected chi connectivity index (χ4v) is 3.28. The summed E-state index contributed by atoms with van der Waals surface area (Å²) in [5.74, 6) is -0.172. The van der Waals surface area contributed by atoms with E-state index in [1.54, 1.807) is 19.0 Å². The van der Waals surface area contributed by atoms with Crippen LogP contribution in [-0.2, 0) is 23.1 Å². The molecule has 1 aromatic carbocycles. The zero-order chi connectivity index (χ0) is 18.7. The number of benzene rings is 1. The van der Waals surface area contributed by atoms with Gasteiger partial charge < -0.3 is 9.64 Å². The molecule has 2 aromatic rings. The van der Waals surface area contributed by atoms with Gasteiger partial charge in [0.05, 0.1) is 18.8 Å². The van der Waals surface area contributed by atoms with E-state index in [0.29, 0.717) is 13.2 Å². The molecule has 1 aromatic heterocycles. The number of hydrogen-bond acceptors (Lipinski definition) is 5. The van der Waals surface area contributed by atoms with Crippen molar-refractivity contribution in [2.75, 3.05) is 33.8 Å². The zero-order valence-electron chi connectivity index (χ0n) is 15.4. The molecule has 0 aliphatic carbocycles. The van der Waals surface area contributed by atoms with Crippen molar-refractivity contribution >= 4 is 5.91 Å². The van der Waals surface area contributed by atoms with E-state index < -0.39 is 0 Å². The van der Waals surface area contributed by atoms with Crippen molar-refractivity contribution in [1.82, 2.24) is 24.1 Å². The Hall–Kier alpha value is -2.45.